The summed E-state index contributed by atoms with van der Waals surface area (Å²) < 4.78 is 0. The molecule has 0 saturated carbocycles. The van der Waals surface area contributed by atoms with Crippen LogP contribution in [-0.2, 0) is 14.4 Å². The van der Waals surface area contributed by atoms with Crippen LogP contribution >= 0.6 is 12.6 Å². The number of anilines is 2. The van der Waals surface area contributed by atoms with E-state index in [0.29, 0.717) is 22.6 Å². The third kappa shape index (κ3) is 5.11. The van der Waals surface area contributed by atoms with Crippen LogP contribution in [0.2, 0.25) is 0 Å². The third-order valence-corrected chi connectivity index (χ3v) is 4.09. The molecule has 0 atom stereocenters. The first-order chi connectivity index (χ1) is 13.3. The number of thiol groups is 1. The predicted octanol–water partition coefficient (Wildman–Crippen LogP) is 3.11. The molecule has 0 unspecified atom stereocenters. The first-order valence-electron chi connectivity index (χ1n) is 8.45. The number of nitrogens with zero attached hydrogens (tertiary/aromatic N) is 1. The summed E-state index contributed by atoms with van der Waals surface area (Å²) in [5.41, 5.74) is 7.39. The fourth-order valence-electron chi connectivity index (χ4n) is 2.51. The Balaban J connectivity index is 2.30. The molecule has 2 aromatic carbocycles. The van der Waals surface area contributed by atoms with Crippen molar-refractivity contribution in [1.82, 2.24) is 4.90 Å². The highest BCUT2D eigenvalue weighted by atomic mass is 32.1. The lowest BCUT2D eigenvalue weighted by Gasteiger charge is -2.24. The Labute approximate surface area is 169 Å². The molecule has 0 saturated heterocycles. The number of rotatable bonds is 7. The lowest BCUT2D eigenvalue weighted by molar-refractivity contribution is -0.128. The second kappa shape index (κ2) is 9.57. The topological polar surface area (TPSA) is 92.5 Å². The molecule has 0 aromatic heterocycles. The van der Waals surface area contributed by atoms with Crippen molar-refractivity contribution < 1.29 is 14.4 Å². The van der Waals surface area contributed by atoms with E-state index < -0.39 is 16.9 Å². The van der Waals surface area contributed by atoms with Gasteiger partial charge in [0.15, 0.2) is 0 Å². The van der Waals surface area contributed by atoms with Crippen molar-refractivity contribution in [2.45, 2.75) is 6.92 Å². The van der Waals surface area contributed by atoms with Gasteiger partial charge in [-0.3, -0.25) is 19.3 Å². The average molecular weight is 395 g/mol. The van der Waals surface area contributed by atoms with Gasteiger partial charge in [-0.15, -0.1) is 12.6 Å². The number of carbonyl (C=O) groups excluding carboxylic acids is 3. The number of hydrogen-bond acceptors (Lipinski definition) is 4. The smallest absolute Gasteiger partial charge is 0.263 e. The van der Waals surface area contributed by atoms with Crippen molar-refractivity contribution in [3.63, 3.8) is 0 Å². The maximum Gasteiger partial charge on any atom is 0.263 e. The number of nitrogens with two attached hydrogens (primary N) is 1. The maximum atomic E-state index is 13.1. The maximum absolute atomic E-state index is 13.1. The van der Waals surface area contributed by atoms with Crippen LogP contribution < -0.4 is 11.1 Å². The molecule has 0 aliphatic rings. The standard InChI is InChI=1S/C21H21N3O3S/c1-3-16(20(26)23-18-12-8-7-11-17(18)22)21(27)24(13-19(25)28)14(2)15-9-5-4-6-10-15/h3-12H,2,13,22H2,1H3,(H,23,26)(H,25,28)/b16-3-. The van der Waals surface area contributed by atoms with E-state index in [0.717, 1.165) is 4.90 Å². The van der Waals surface area contributed by atoms with E-state index in [9.17, 15) is 14.4 Å². The van der Waals surface area contributed by atoms with Gasteiger partial charge < -0.3 is 11.1 Å². The Kier molecular flexibility index (Phi) is 7.17. The molecule has 0 fully saturated rings. The molecule has 0 aliphatic heterocycles. The van der Waals surface area contributed by atoms with Crippen LogP contribution in [-0.4, -0.2) is 28.4 Å². The average Bonchev–Trinajstić information content (AvgIpc) is 2.68. The number of hydrogen-bond donors (Lipinski definition) is 3. The van der Waals surface area contributed by atoms with Crippen molar-refractivity contribution in [2.75, 3.05) is 17.6 Å². The first kappa shape index (κ1) is 21.0. The Bertz CT molecular complexity index is 939. The van der Waals surface area contributed by atoms with Gasteiger partial charge in [0.1, 0.15) is 5.57 Å². The third-order valence-electron chi connectivity index (χ3n) is 3.94. The Hall–Kier alpha value is -3.32. The van der Waals surface area contributed by atoms with Gasteiger partial charge in [-0.1, -0.05) is 55.1 Å². The van der Waals surface area contributed by atoms with E-state index in [4.69, 9.17) is 5.73 Å². The molecule has 2 rings (SSSR count). The van der Waals surface area contributed by atoms with E-state index in [2.05, 4.69) is 24.5 Å². The normalized spacial score (nSPS) is 10.9. The molecular formula is C21H21N3O3S. The van der Waals surface area contributed by atoms with Gasteiger partial charge in [0.25, 0.3) is 11.8 Å². The van der Waals surface area contributed by atoms with Crippen LogP contribution in [0.4, 0.5) is 11.4 Å². The molecule has 6 nitrogen and oxygen atoms in total. The molecule has 0 aliphatic carbocycles. The van der Waals surface area contributed by atoms with Gasteiger partial charge in [-0.25, -0.2) is 0 Å². The van der Waals surface area contributed by atoms with E-state index in [1.165, 1.54) is 6.08 Å². The number of nitrogens with one attached hydrogen (secondary N) is 1. The lowest BCUT2D eigenvalue weighted by atomic mass is 10.1. The summed E-state index contributed by atoms with van der Waals surface area (Å²) in [6, 6.07) is 15.6. The minimum atomic E-state index is -0.661. The van der Waals surface area contributed by atoms with Gasteiger partial charge in [0.2, 0.25) is 5.12 Å². The minimum Gasteiger partial charge on any atom is -0.397 e. The van der Waals surface area contributed by atoms with Gasteiger partial charge in [0.05, 0.1) is 17.9 Å². The van der Waals surface area contributed by atoms with Gasteiger partial charge >= 0.3 is 0 Å². The number of benzene rings is 2. The van der Waals surface area contributed by atoms with Crippen molar-refractivity contribution in [3.8, 4) is 0 Å². The Morgan fingerprint density at radius 1 is 1.11 bits per heavy atom. The lowest BCUT2D eigenvalue weighted by Crippen LogP contribution is -2.37. The zero-order valence-corrected chi connectivity index (χ0v) is 16.3. The van der Waals surface area contributed by atoms with Crippen LogP contribution in [0.1, 0.15) is 12.5 Å². The van der Waals surface area contributed by atoms with Gasteiger partial charge in [-0.05, 0) is 24.6 Å². The molecule has 144 valence electrons. The zero-order chi connectivity index (χ0) is 20.7. The van der Waals surface area contributed by atoms with Crippen molar-refractivity contribution in [1.29, 1.82) is 0 Å². The summed E-state index contributed by atoms with van der Waals surface area (Å²) in [5.74, 6) is -1.30. The second-order valence-corrected chi connectivity index (χ2v) is 6.34. The SMILES string of the molecule is C=C(c1ccccc1)N(CC(=O)S)C(=O)/C(=C\C)C(=O)Nc1ccccc1N. The summed E-state index contributed by atoms with van der Waals surface area (Å²) in [6.45, 7) is 5.15. The van der Waals surface area contributed by atoms with Gasteiger partial charge in [0, 0.05) is 5.70 Å². The highest BCUT2D eigenvalue weighted by Gasteiger charge is 2.27. The minimum absolute atomic E-state index is 0.144. The molecule has 0 spiro atoms. The molecular weight excluding hydrogens is 374 g/mol. The largest absolute Gasteiger partial charge is 0.397 e. The monoisotopic (exact) mass is 395 g/mol. The van der Waals surface area contributed by atoms with Crippen LogP contribution in [0.3, 0.4) is 0 Å². The summed E-state index contributed by atoms with van der Waals surface area (Å²) in [4.78, 5) is 38.5. The van der Waals surface area contributed by atoms with Crippen molar-refractivity contribution in [2.24, 2.45) is 0 Å². The van der Waals surface area contributed by atoms with Crippen LogP contribution in [0, 0.1) is 0 Å². The molecule has 0 bridgehead atoms. The molecule has 0 heterocycles. The summed E-state index contributed by atoms with van der Waals surface area (Å²) in [5, 5.41) is 2.08. The Morgan fingerprint density at radius 3 is 2.29 bits per heavy atom. The van der Waals surface area contributed by atoms with Gasteiger partial charge in [-0.2, -0.15) is 0 Å². The van der Waals surface area contributed by atoms with Crippen LogP contribution in [0.25, 0.3) is 5.70 Å². The quantitative estimate of drug-likeness (QED) is 0.221. The number of para-hydroxylation sites is 2. The van der Waals surface area contributed by atoms with E-state index in [1.54, 1.807) is 55.5 Å². The second-order valence-electron chi connectivity index (χ2n) is 5.84. The van der Waals surface area contributed by atoms with Crippen molar-refractivity contribution >= 4 is 46.6 Å². The molecule has 2 amide bonds. The first-order valence-corrected chi connectivity index (χ1v) is 8.90. The summed E-state index contributed by atoms with van der Waals surface area (Å²) in [6.07, 6.45) is 1.38. The fraction of sp³-hybridized carbons (Fsp3) is 0.0952. The highest BCUT2D eigenvalue weighted by Crippen LogP contribution is 2.22. The fourth-order valence-corrected chi connectivity index (χ4v) is 2.65. The predicted molar refractivity (Wildman–Crippen MR) is 114 cm³/mol. The van der Waals surface area contributed by atoms with E-state index in [1.807, 2.05) is 6.07 Å². The van der Waals surface area contributed by atoms with Crippen LogP contribution in [0.5, 0.6) is 0 Å². The number of amides is 2. The highest BCUT2D eigenvalue weighted by molar-refractivity contribution is 7.96. The zero-order valence-electron chi connectivity index (χ0n) is 15.4. The molecule has 28 heavy (non-hydrogen) atoms. The number of carbonyl (C=O) groups is 3. The van der Waals surface area contributed by atoms with E-state index >= 15 is 0 Å². The van der Waals surface area contributed by atoms with Crippen LogP contribution in [0.15, 0.2) is 72.8 Å². The number of nitrogen functional groups attached to an aromatic ring is 1. The number of allylic oxidation sites excluding steroid dienone is 1. The molecule has 7 heteroatoms. The summed E-state index contributed by atoms with van der Waals surface area (Å²) >= 11 is 3.77. The molecule has 2 aromatic rings. The molecule has 0 radical (unpaired) electrons. The molecule has 3 N–H and O–H groups in total. The Morgan fingerprint density at radius 2 is 1.71 bits per heavy atom. The van der Waals surface area contributed by atoms with E-state index in [-0.39, 0.29) is 12.1 Å². The summed E-state index contributed by atoms with van der Waals surface area (Å²) in [7, 11) is 0. The van der Waals surface area contributed by atoms with Crippen molar-refractivity contribution in [3.05, 3.63) is 78.4 Å².